The molecule has 0 fully saturated rings. The average molecular weight is 644 g/mol. The van der Waals surface area contributed by atoms with Crippen molar-refractivity contribution in [1.29, 1.82) is 0 Å². The summed E-state index contributed by atoms with van der Waals surface area (Å²) in [5.41, 5.74) is 11.3. The molecule has 0 aliphatic heterocycles. The summed E-state index contributed by atoms with van der Waals surface area (Å²) in [6, 6.07) is 60.6. The number of anilines is 3. The molecule has 1 aliphatic carbocycles. The molecule has 0 unspecified atom stereocenters. The maximum absolute atomic E-state index is 2.47. The third kappa shape index (κ3) is 4.24. The second kappa shape index (κ2) is 10.7. The van der Waals surface area contributed by atoms with Crippen molar-refractivity contribution in [2.45, 2.75) is 19.3 Å². The van der Waals surface area contributed by atoms with Crippen molar-refractivity contribution in [3.63, 3.8) is 0 Å². The molecule has 0 N–H and O–H groups in total. The van der Waals surface area contributed by atoms with Crippen molar-refractivity contribution in [3.05, 3.63) is 175 Å². The van der Waals surface area contributed by atoms with Gasteiger partial charge in [0.05, 0.1) is 5.69 Å². The van der Waals surface area contributed by atoms with E-state index < -0.39 is 0 Å². The minimum absolute atomic E-state index is 0.0895. The van der Waals surface area contributed by atoms with Crippen LogP contribution in [0.4, 0.5) is 17.1 Å². The van der Waals surface area contributed by atoms with Crippen molar-refractivity contribution in [2.75, 3.05) is 4.90 Å². The Morgan fingerprint density at radius 3 is 1.98 bits per heavy atom. The molecule has 1 aromatic heterocycles. The second-order valence-corrected chi connectivity index (χ2v) is 14.8. The topological polar surface area (TPSA) is 3.24 Å². The zero-order chi connectivity index (χ0) is 32.7. The van der Waals surface area contributed by atoms with Gasteiger partial charge in [-0.2, -0.15) is 0 Å². The Hall–Kier alpha value is -5.70. The molecule has 2 heteroatoms. The van der Waals surface area contributed by atoms with Crippen LogP contribution in [0.3, 0.4) is 0 Å². The highest BCUT2D eigenvalue weighted by Crippen LogP contribution is 2.51. The zero-order valence-electron chi connectivity index (χ0n) is 27.4. The Balaban J connectivity index is 1.19. The monoisotopic (exact) mass is 643 g/mol. The average Bonchev–Trinajstić information content (AvgIpc) is 3.64. The Morgan fingerprint density at radius 2 is 1.08 bits per heavy atom. The van der Waals surface area contributed by atoms with Gasteiger partial charge in [0.2, 0.25) is 0 Å². The quantitative estimate of drug-likeness (QED) is 0.184. The second-order valence-electron chi connectivity index (χ2n) is 13.7. The lowest BCUT2D eigenvalue weighted by atomic mass is 9.82. The number of benzene rings is 8. The number of thiophene rings is 1. The highest BCUT2D eigenvalue weighted by Gasteiger charge is 2.35. The third-order valence-corrected chi connectivity index (χ3v) is 11.9. The molecule has 0 bridgehead atoms. The van der Waals surface area contributed by atoms with E-state index in [0.717, 1.165) is 5.69 Å². The van der Waals surface area contributed by atoms with Crippen LogP contribution >= 0.6 is 11.3 Å². The van der Waals surface area contributed by atoms with Gasteiger partial charge in [-0.05, 0) is 80.6 Å². The molecule has 8 aromatic carbocycles. The van der Waals surface area contributed by atoms with E-state index in [-0.39, 0.29) is 5.41 Å². The van der Waals surface area contributed by atoms with Crippen LogP contribution in [0.15, 0.2) is 164 Å². The zero-order valence-corrected chi connectivity index (χ0v) is 28.3. The molecule has 0 atom stereocenters. The highest BCUT2D eigenvalue weighted by atomic mass is 32.1. The van der Waals surface area contributed by atoms with Crippen LogP contribution in [-0.2, 0) is 5.41 Å². The lowest BCUT2D eigenvalue weighted by Crippen LogP contribution is -2.16. The van der Waals surface area contributed by atoms with E-state index in [1.165, 1.54) is 86.5 Å². The van der Waals surface area contributed by atoms with Gasteiger partial charge >= 0.3 is 0 Å². The Kier molecular flexibility index (Phi) is 6.16. The summed E-state index contributed by atoms with van der Waals surface area (Å²) in [4.78, 5) is 2.47. The van der Waals surface area contributed by atoms with Gasteiger partial charge in [0, 0.05) is 47.7 Å². The lowest BCUT2D eigenvalue weighted by molar-refractivity contribution is 0.660. The maximum atomic E-state index is 2.47. The predicted molar refractivity (Wildman–Crippen MR) is 212 cm³/mol. The van der Waals surface area contributed by atoms with Crippen LogP contribution < -0.4 is 4.90 Å². The maximum Gasteiger partial charge on any atom is 0.0540 e. The van der Waals surface area contributed by atoms with Crippen molar-refractivity contribution in [2.24, 2.45) is 0 Å². The number of nitrogens with zero attached hydrogens (tertiary/aromatic N) is 1. The van der Waals surface area contributed by atoms with E-state index >= 15 is 0 Å². The van der Waals surface area contributed by atoms with Crippen molar-refractivity contribution in [3.8, 4) is 22.3 Å². The summed E-state index contributed by atoms with van der Waals surface area (Å²) < 4.78 is 2.68. The first-order chi connectivity index (χ1) is 24.1. The molecule has 0 spiro atoms. The van der Waals surface area contributed by atoms with E-state index in [2.05, 4.69) is 183 Å². The molecular weight excluding hydrogens is 611 g/mol. The Bertz CT molecular complexity index is 2740. The summed E-state index contributed by atoms with van der Waals surface area (Å²) in [6.45, 7) is 4.72. The molecule has 10 rings (SSSR count). The molecular formula is C47H33NS. The fourth-order valence-corrected chi connectivity index (χ4v) is 9.47. The van der Waals surface area contributed by atoms with Gasteiger partial charge in [-0.15, -0.1) is 11.3 Å². The van der Waals surface area contributed by atoms with E-state index in [1.54, 1.807) is 0 Å². The third-order valence-electron chi connectivity index (χ3n) is 10.7. The lowest BCUT2D eigenvalue weighted by Gasteiger charge is -2.29. The number of hydrogen-bond donors (Lipinski definition) is 0. The minimum atomic E-state index is -0.0895. The fourth-order valence-electron chi connectivity index (χ4n) is 8.24. The molecule has 49 heavy (non-hydrogen) atoms. The van der Waals surface area contributed by atoms with E-state index in [4.69, 9.17) is 0 Å². The first kappa shape index (κ1) is 28.3. The van der Waals surface area contributed by atoms with Crippen LogP contribution in [0.25, 0.3) is 64.0 Å². The molecule has 0 saturated heterocycles. The van der Waals surface area contributed by atoms with Crippen LogP contribution in [0.2, 0.25) is 0 Å². The first-order valence-electron chi connectivity index (χ1n) is 17.0. The summed E-state index contributed by atoms with van der Waals surface area (Å²) in [5, 5.41) is 7.74. The summed E-state index contributed by atoms with van der Waals surface area (Å²) in [6.07, 6.45) is 0. The van der Waals surface area contributed by atoms with Crippen LogP contribution in [0.1, 0.15) is 25.0 Å². The molecule has 9 aromatic rings. The van der Waals surface area contributed by atoms with E-state index in [0.29, 0.717) is 0 Å². The molecule has 0 radical (unpaired) electrons. The normalized spacial score (nSPS) is 13.3. The Morgan fingerprint density at radius 1 is 0.449 bits per heavy atom. The van der Waals surface area contributed by atoms with E-state index in [1.807, 2.05) is 11.3 Å². The van der Waals surface area contributed by atoms with Crippen molar-refractivity contribution in [1.82, 2.24) is 0 Å². The van der Waals surface area contributed by atoms with Crippen LogP contribution in [0, 0.1) is 0 Å². The molecule has 0 amide bonds. The molecule has 0 saturated carbocycles. The van der Waals surface area contributed by atoms with Gasteiger partial charge < -0.3 is 4.90 Å². The number of hydrogen-bond acceptors (Lipinski definition) is 2. The van der Waals surface area contributed by atoms with Gasteiger partial charge in [-0.25, -0.2) is 0 Å². The van der Waals surface area contributed by atoms with Gasteiger partial charge in [0.1, 0.15) is 0 Å². The van der Waals surface area contributed by atoms with Crippen molar-refractivity contribution >= 4 is 70.1 Å². The first-order valence-corrected chi connectivity index (χ1v) is 17.8. The molecule has 1 aliphatic rings. The van der Waals surface area contributed by atoms with Crippen molar-refractivity contribution < 1.29 is 0 Å². The number of fused-ring (bicyclic) bond motifs is 9. The molecule has 1 heterocycles. The van der Waals surface area contributed by atoms with Gasteiger partial charge in [0.15, 0.2) is 0 Å². The highest BCUT2D eigenvalue weighted by molar-refractivity contribution is 7.26. The van der Waals surface area contributed by atoms with Crippen LogP contribution in [-0.4, -0.2) is 0 Å². The summed E-state index contributed by atoms with van der Waals surface area (Å²) in [5.74, 6) is 0. The standard InChI is InChI=1S/C47H33NS/c1-47(2)42-18-7-5-14-36(42)37-26-25-33(29-43(37)47)48(32-23-21-31(22-24-32)35-16-9-12-30-11-3-4-13-34(30)35)44-19-10-17-40-38(44)27-28-41-39-15-6-8-20-45(39)49-46(40)41/h3-29H,1-2H3. The SMILES string of the molecule is CC1(C)c2ccccc2-c2ccc(N(c3ccc(-c4cccc5ccccc45)cc3)c3cccc4c3ccc3c5ccccc5sc43)cc21. The molecule has 232 valence electrons. The minimum Gasteiger partial charge on any atom is -0.310 e. The fraction of sp³-hybridized carbons (Fsp3) is 0.0638. The summed E-state index contributed by atoms with van der Waals surface area (Å²) >= 11 is 1.89. The summed E-state index contributed by atoms with van der Waals surface area (Å²) in [7, 11) is 0. The van der Waals surface area contributed by atoms with Gasteiger partial charge in [-0.3, -0.25) is 0 Å². The smallest absolute Gasteiger partial charge is 0.0540 e. The number of rotatable bonds is 4. The Labute approximate surface area is 290 Å². The van der Waals surface area contributed by atoms with Gasteiger partial charge in [-0.1, -0.05) is 141 Å². The largest absolute Gasteiger partial charge is 0.310 e. The van der Waals surface area contributed by atoms with Gasteiger partial charge in [0.25, 0.3) is 0 Å². The van der Waals surface area contributed by atoms with E-state index in [9.17, 15) is 0 Å². The predicted octanol–water partition coefficient (Wildman–Crippen LogP) is 13.8. The molecule has 1 nitrogen and oxygen atoms in total. The van der Waals surface area contributed by atoms with Crippen LogP contribution in [0.5, 0.6) is 0 Å².